The summed E-state index contributed by atoms with van der Waals surface area (Å²) in [4.78, 5) is 30.2. The SMILES string of the molecule is CCn1cc(NC(=O)c2cnn3c(C(F)F)cc(-c4ccc(F)cc4)nc23)c(C(=O)NCC(C)C)n1. The summed E-state index contributed by atoms with van der Waals surface area (Å²) >= 11 is 0. The lowest BCUT2D eigenvalue weighted by Crippen LogP contribution is -2.28. The summed E-state index contributed by atoms with van der Waals surface area (Å²) in [6, 6.07) is 6.32. The molecule has 0 aliphatic rings. The molecule has 36 heavy (non-hydrogen) atoms. The van der Waals surface area contributed by atoms with Crippen LogP contribution in [0.2, 0.25) is 0 Å². The Morgan fingerprint density at radius 3 is 2.47 bits per heavy atom. The van der Waals surface area contributed by atoms with Crippen LogP contribution in [0.3, 0.4) is 0 Å². The molecular formula is C24H24F3N7O2. The maximum absolute atomic E-state index is 13.8. The Bertz CT molecular complexity index is 1410. The van der Waals surface area contributed by atoms with Gasteiger partial charge in [0.2, 0.25) is 0 Å². The monoisotopic (exact) mass is 499 g/mol. The van der Waals surface area contributed by atoms with E-state index < -0.39 is 29.8 Å². The highest BCUT2D eigenvalue weighted by atomic mass is 19.3. The van der Waals surface area contributed by atoms with E-state index in [2.05, 4.69) is 25.8 Å². The number of anilines is 1. The first-order chi connectivity index (χ1) is 17.2. The number of alkyl halides is 2. The third-order valence-electron chi connectivity index (χ3n) is 5.33. The van der Waals surface area contributed by atoms with Crippen LogP contribution in [0.4, 0.5) is 18.9 Å². The van der Waals surface area contributed by atoms with Crippen LogP contribution in [0, 0.1) is 11.7 Å². The highest BCUT2D eigenvalue weighted by molar-refractivity contribution is 6.11. The second kappa shape index (κ2) is 10.2. The molecule has 3 aromatic heterocycles. The summed E-state index contributed by atoms with van der Waals surface area (Å²) < 4.78 is 43.4. The maximum atomic E-state index is 13.8. The van der Waals surface area contributed by atoms with Gasteiger partial charge >= 0.3 is 0 Å². The largest absolute Gasteiger partial charge is 0.350 e. The molecule has 0 bridgehead atoms. The van der Waals surface area contributed by atoms with Gasteiger partial charge in [-0.05, 0) is 43.2 Å². The average molecular weight is 499 g/mol. The van der Waals surface area contributed by atoms with E-state index in [1.54, 1.807) is 0 Å². The van der Waals surface area contributed by atoms with E-state index in [-0.39, 0.29) is 34.2 Å². The van der Waals surface area contributed by atoms with E-state index in [1.165, 1.54) is 35.1 Å². The van der Waals surface area contributed by atoms with Crippen molar-refractivity contribution in [1.82, 2.24) is 29.7 Å². The van der Waals surface area contributed by atoms with Crippen molar-refractivity contribution in [2.24, 2.45) is 5.92 Å². The number of carbonyl (C=O) groups is 2. The molecule has 0 saturated carbocycles. The van der Waals surface area contributed by atoms with Crippen LogP contribution in [0.5, 0.6) is 0 Å². The van der Waals surface area contributed by atoms with Gasteiger partial charge in [0.25, 0.3) is 18.2 Å². The smallest absolute Gasteiger partial charge is 0.280 e. The minimum atomic E-state index is -2.91. The Balaban J connectivity index is 1.72. The average Bonchev–Trinajstić information content (AvgIpc) is 3.46. The first-order valence-electron chi connectivity index (χ1n) is 11.3. The van der Waals surface area contributed by atoms with Gasteiger partial charge in [-0.15, -0.1) is 0 Å². The number of fused-ring (bicyclic) bond motifs is 1. The van der Waals surface area contributed by atoms with Crippen LogP contribution in [-0.2, 0) is 6.54 Å². The molecule has 0 spiro atoms. The Morgan fingerprint density at radius 1 is 1.11 bits per heavy atom. The molecule has 4 aromatic rings. The third kappa shape index (κ3) is 5.07. The Hall–Kier alpha value is -4.22. The predicted octanol–water partition coefficient (Wildman–Crippen LogP) is 4.33. The van der Waals surface area contributed by atoms with Crippen molar-refractivity contribution in [3.63, 3.8) is 0 Å². The molecule has 0 radical (unpaired) electrons. The normalized spacial score (nSPS) is 11.4. The summed E-state index contributed by atoms with van der Waals surface area (Å²) in [5, 5.41) is 13.5. The fourth-order valence-electron chi connectivity index (χ4n) is 3.48. The van der Waals surface area contributed by atoms with E-state index in [0.717, 1.165) is 16.8 Å². The number of halogens is 3. The molecule has 2 N–H and O–H groups in total. The van der Waals surface area contributed by atoms with Crippen molar-refractivity contribution < 1.29 is 22.8 Å². The Labute approximate surface area is 204 Å². The zero-order chi connectivity index (χ0) is 26.0. The van der Waals surface area contributed by atoms with Gasteiger partial charge < -0.3 is 10.6 Å². The fourth-order valence-corrected chi connectivity index (χ4v) is 3.48. The second-order valence-corrected chi connectivity index (χ2v) is 8.47. The van der Waals surface area contributed by atoms with E-state index in [4.69, 9.17) is 0 Å². The molecule has 9 nitrogen and oxygen atoms in total. The molecule has 188 valence electrons. The predicted molar refractivity (Wildman–Crippen MR) is 126 cm³/mol. The molecule has 0 aliphatic carbocycles. The number of carbonyl (C=O) groups excluding carboxylic acids is 2. The van der Waals surface area contributed by atoms with Crippen molar-refractivity contribution >= 4 is 23.1 Å². The molecule has 0 atom stereocenters. The van der Waals surface area contributed by atoms with Crippen LogP contribution >= 0.6 is 0 Å². The molecule has 3 heterocycles. The van der Waals surface area contributed by atoms with Crippen molar-refractivity contribution in [3.8, 4) is 11.3 Å². The van der Waals surface area contributed by atoms with Gasteiger partial charge in [0.05, 0.1) is 17.6 Å². The number of hydrogen-bond donors (Lipinski definition) is 2. The highest BCUT2D eigenvalue weighted by Gasteiger charge is 2.24. The number of aryl methyl sites for hydroxylation is 1. The lowest BCUT2D eigenvalue weighted by atomic mass is 10.1. The third-order valence-corrected chi connectivity index (χ3v) is 5.33. The molecule has 12 heteroatoms. The molecule has 0 fully saturated rings. The second-order valence-electron chi connectivity index (χ2n) is 8.47. The first kappa shape index (κ1) is 24.9. The zero-order valence-electron chi connectivity index (χ0n) is 19.8. The molecule has 4 rings (SSSR count). The van der Waals surface area contributed by atoms with Gasteiger partial charge in [-0.3, -0.25) is 14.3 Å². The van der Waals surface area contributed by atoms with Crippen molar-refractivity contribution in [2.45, 2.75) is 33.7 Å². The van der Waals surface area contributed by atoms with Gasteiger partial charge in [0.15, 0.2) is 11.3 Å². The number of hydrogen-bond acceptors (Lipinski definition) is 5. The summed E-state index contributed by atoms with van der Waals surface area (Å²) in [6.45, 7) is 6.59. The standard InChI is InChI=1S/C24H24F3N7O2/c1-4-33-12-18(20(32-33)24(36)28-10-13(2)3)31-23(35)16-11-29-34-19(21(26)27)9-17(30-22(16)34)14-5-7-15(25)8-6-14/h5-9,11-13,21H,4,10H2,1-3H3,(H,28,36)(H,31,35). The van der Waals surface area contributed by atoms with Crippen LogP contribution in [0.25, 0.3) is 16.9 Å². The van der Waals surface area contributed by atoms with Crippen LogP contribution in [-0.4, -0.2) is 42.7 Å². The Morgan fingerprint density at radius 2 is 1.83 bits per heavy atom. The summed E-state index contributed by atoms with van der Waals surface area (Å²) in [7, 11) is 0. The van der Waals surface area contributed by atoms with Crippen molar-refractivity contribution in [3.05, 3.63) is 65.5 Å². The van der Waals surface area contributed by atoms with Crippen LogP contribution < -0.4 is 10.6 Å². The lowest BCUT2D eigenvalue weighted by Gasteiger charge is -2.09. The minimum Gasteiger partial charge on any atom is -0.350 e. The van der Waals surface area contributed by atoms with Gasteiger partial charge in [-0.2, -0.15) is 10.2 Å². The number of amides is 2. The molecule has 0 unspecified atom stereocenters. The fraction of sp³-hybridized carbons (Fsp3) is 0.292. The minimum absolute atomic E-state index is 0.0237. The van der Waals surface area contributed by atoms with Crippen molar-refractivity contribution in [2.75, 3.05) is 11.9 Å². The number of nitrogens with zero attached hydrogens (tertiary/aromatic N) is 5. The quantitative estimate of drug-likeness (QED) is 0.376. The van der Waals surface area contributed by atoms with Gasteiger partial charge in [-0.1, -0.05) is 13.8 Å². The molecule has 0 saturated heterocycles. The number of aromatic nitrogens is 5. The molecule has 1 aromatic carbocycles. The van der Waals surface area contributed by atoms with E-state index in [1.807, 2.05) is 20.8 Å². The lowest BCUT2D eigenvalue weighted by molar-refractivity contribution is 0.0944. The number of nitrogens with one attached hydrogen (secondary N) is 2. The number of rotatable bonds is 8. The van der Waals surface area contributed by atoms with E-state index in [0.29, 0.717) is 18.7 Å². The van der Waals surface area contributed by atoms with Crippen LogP contribution in [0.1, 0.15) is 53.7 Å². The summed E-state index contributed by atoms with van der Waals surface area (Å²) in [5.74, 6) is -1.44. The van der Waals surface area contributed by atoms with Gasteiger partial charge in [0, 0.05) is 24.8 Å². The summed E-state index contributed by atoms with van der Waals surface area (Å²) in [5.41, 5.74) is 0.0197. The molecular weight excluding hydrogens is 475 g/mol. The van der Waals surface area contributed by atoms with Crippen molar-refractivity contribution in [1.29, 1.82) is 0 Å². The van der Waals surface area contributed by atoms with Gasteiger partial charge in [0.1, 0.15) is 17.1 Å². The zero-order valence-corrected chi connectivity index (χ0v) is 19.8. The summed E-state index contributed by atoms with van der Waals surface area (Å²) in [6.07, 6.45) is -0.277. The molecule has 2 amide bonds. The van der Waals surface area contributed by atoms with E-state index in [9.17, 15) is 22.8 Å². The Kier molecular flexibility index (Phi) is 7.04. The topological polar surface area (TPSA) is 106 Å². The maximum Gasteiger partial charge on any atom is 0.280 e. The first-order valence-corrected chi connectivity index (χ1v) is 11.3. The van der Waals surface area contributed by atoms with Gasteiger partial charge in [-0.25, -0.2) is 22.7 Å². The van der Waals surface area contributed by atoms with E-state index >= 15 is 0 Å². The highest BCUT2D eigenvalue weighted by Crippen LogP contribution is 2.27. The molecule has 0 aliphatic heterocycles. The van der Waals surface area contributed by atoms with Crippen LogP contribution in [0.15, 0.2) is 42.7 Å². The number of benzene rings is 1.